The highest BCUT2D eigenvalue weighted by Crippen LogP contribution is 2.40. The minimum Gasteiger partial charge on any atom is -0.373 e. The lowest BCUT2D eigenvalue weighted by Crippen LogP contribution is -2.35. The van der Waals surface area contributed by atoms with Gasteiger partial charge in [-0.15, -0.1) is 0 Å². The number of Topliss-reactive ketones (excluding diaryl/α,β-unsaturated/α-hetero) is 1. The summed E-state index contributed by atoms with van der Waals surface area (Å²) in [5.41, 5.74) is 4.37. The summed E-state index contributed by atoms with van der Waals surface area (Å²) in [4.78, 5) is 26.8. The molecular weight excluding hydrogens is 314 g/mol. The Hall–Kier alpha value is -1.94. The topological polar surface area (TPSA) is 46.6 Å². The molecule has 130 valence electrons. The maximum atomic E-state index is 12.5. The number of hydrogen-bond donors (Lipinski definition) is 0. The van der Waals surface area contributed by atoms with Gasteiger partial charge in [0, 0.05) is 36.9 Å². The highest BCUT2D eigenvalue weighted by molar-refractivity contribution is 6.06. The average molecular weight is 337 g/mol. The molecule has 1 aromatic carbocycles. The molecule has 2 heterocycles. The Morgan fingerprint density at radius 2 is 1.92 bits per heavy atom. The molecule has 1 aromatic rings. The van der Waals surface area contributed by atoms with Gasteiger partial charge in [-0.25, -0.2) is 0 Å². The summed E-state index contributed by atoms with van der Waals surface area (Å²) in [6.07, 6.45) is 4.68. The predicted molar refractivity (Wildman–Crippen MR) is 94.1 cm³/mol. The molecule has 5 rings (SSSR count). The van der Waals surface area contributed by atoms with Crippen LogP contribution in [0.4, 0.5) is 0 Å². The Labute approximate surface area is 147 Å². The third-order valence-corrected chi connectivity index (χ3v) is 6.23. The van der Waals surface area contributed by atoms with Crippen molar-refractivity contribution in [2.45, 2.75) is 38.2 Å². The van der Waals surface area contributed by atoms with Crippen molar-refractivity contribution in [1.29, 1.82) is 0 Å². The van der Waals surface area contributed by atoms with E-state index in [0.717, 1.165) is 49.9 Å². The fraction of sp³-hybridized carbons (Fsp3) is 0.524. The Morgan fingerprint density at radius 1 is 1.12 bits per heavy atom. The lowest BCUT2D eigenvalue weighted by Gasteiger charge is -2.34. The van der Waals surface area contributed by atoms with E-state index in [9.17, 15) is 9.59 Å². The minimum atomic E-state index is 0.147. The first kappa shape index (κ1) is 15.3. The number of fused-ring (bicyclic) bond motifs is 2. The summed E-state index contributed by atoms with van der Waals surface area (Å²) >= 11 is 0. The molecule has 4 aliphatic rings. The van der Waals surface area contributed by atoms with Crippen LogP contribution in [0.25, 0.3) is 5.57 Å². The van der Waals surface area contributed by atoms with Gasteiger partial charge in [0.05, 0.1) is 12.7 Å². The standard InChI is InChI=1S/C21H23NO3/c23-19-9-15-10-20(14-7-8-22(11-14)21(24)13-5-6-13)25-12-18(15)16-3-1-2-4-17(16)19/h1-4,13-14,20H,5-12H2. The Bertz CT molecular complexity index is 777. The highest BCUT2D eigenvalue weighted by atomic mass is 16.5. The molecule has 25 heavy (non-hydrogen) atoms. The number of ether oxygens (including phenoxy) is 1. The van der Waals surface area contributed by atoms with Gasteiger partial charge in [-0.3, -0.25) is 9.59 Å². The van der Waals surface area contributed by atoms with Gasteiger partial charge >= 0.3 is 0 Å². The molecule has 4 nitrogen and oxygen atoms in total. The molecule has 2 aliphatic heterocycles. The van der Waals surface area contributed by atoms with E-state index in [4.69, 9.17) is 4.74 Å². The van der Waals surface area contributed by atoms with Gasteiger partial charge in [-0.1, -0.05) is 29.8 Å². The summed E-state index contributed by atoms with van der Waals surface area (Å²) in [7, 11) is 0. The number of benzene rings is 1. The molecule has 0 N–H and O–H groups in total. The fourth-order valence-electron chi connectivity index (χ4n) is 4.63. The van der Waals surface area contributed by atoms with Crippen molar-refractivity contribution in [3.63, 3.8) is 0 Å². The van der Waals surface area contributed by atoms with Crippen LogP contribution < -0.4 is 0 Å². The van der Waals surface area contributed by atoms with Crippen molar-refractivity contribution in [3.8, 4) is 0 Å². The van der Waals surface area contributed by atoms with Crippen LogP contribution in [0.1, 0.15) is 48.0 Å². The lowest BCUT2D eigenvalue weighted by atomic mass is 9.80. The molecular formula is C21H23NO3. The number of ketones is 1. The second-order valence-electron chi connectivity index (χ2n) is 7.89. The van der Waals surface area contributed by atoms with Crippen LogP contribution in [0.5, 0.6) is 0 Å². The summed E-state index contributed by atoms with van der Waals surface area (Å²) in [5, 5.41) is 0. The zero-order chi connectivity index (χ0) is 17.0. The van der Waals surface area contributed by atoms with Crippen LogP contribution in [0.15, 0.2) is 29.8 Å². The molecule has 0 spiro atoms. The number of carbonyl (C=O) groups is 2. The normalized spacial score (nSPS) is 28.8. The van der Waals surface area contributed by atoms with Gasteiger partial charge in [-0.05, 0) is 36.8 Å². The first-order chi connectivity index (χ1) is 12.2. The molecule has 2 atom stereocenters. The molecule has 0 radical (unpaired) electrons. The van der Waals surface area contributed by atoms with Crippen LogP contribution >= 0.6 is 0 Å². The summed E-state index contributed by atoms with van der Waals surface area (Å²) in [6.45, 7) is 2.29. The number of carbonyl (C=O) groups excluding carboxylic acids is 2. The van der Waals surface area contributed by atoms with Crippen LogP contribution in [0, 0.1) is 11.8 Å². The van der Waals surface area contributed by atoms with E-state index in [1.165, 1.54) is 11.1 Å². The van der Waals surface area contributed by atoms with Crippen molar-refractivity contribution in [3.05, 3.63) is 41.0 Å². The zero-order valence-electron chi connectivity index (χ0n) is 14.4. The van der Waals surface area contributed by atoms with E-state index in [1.807, 2.05) is 29.2 Å². The van der Waals surface area contributed by atoms with Crippen LogP contribution in [0.3, 0.4) is 0 Å². The molecule has 2 aliphatic carbocycles. The number of nitrogens with zero attached hydrogens (tertiary/aromatic N) is 1. The van der Waals surface area contributed by atoms with Crippen molar-refractivity contribution in [2.24, 2.45) is 11.8 Å². The van der Waals surface area contributed by atoms with Crippen LogP contribution in [-0.2, 0) is 9.53 Å². The van der Waals surface area contributed by atoms with Crippen LogP contribution in [0.2, 0.25) is 0 Å². The minimum absolute atomic E-state index is 0.147. The summed E-state index contributed by atoms with van der Waals surface area (Å²) in [6, 6.07) is 7.88. The van der Waals surface area contributed by atoms with E-state index in [-0.39, 0.29) is 11.9 Å². The average Bonchev–Trinajstić information content (AvgIpc) is 3.37. The SMILES string of the molecule is O=C1CC2=C(COC(C3CCN(C(=O)C4CC4)C3)C2)c2ccccc21. The zero-order valence-corrected chi connectivity index (χ0v) is 14.4. The van der Waals surface area contributed by atoms with E-state index in [2.05, 4.69) is 0 Å². The predicted octanol–water partition coefficient (Wildman–Crippen LogP) is 3.07. The molecule has 2 unspecified atom stereocenters. The fourth-order valence-corrected chi connectivity index (χ4v) is 4.63. The number of rotatable bonds is 2. The summed E-state index contributed by atoms with van der Waals surface area (Å²) in [5.74, 6) is 1.28. The largest absolute Gasteiger partial charge is 0.373 e. The number of hydrogen-bond acceptors (Lipinski definition) is 3. The number of likely N-dealkylation sites (tertiary alicyclic amines) is 1. The van der Waals surface area contributed by atoms with Crippen LogP contribution in [-0.4, -0.2) is 42.4 Å². The molecule has 0 bridgehead atoms. The molecule has 0 aromatic heterocycles. The van der Waals surface area contributed by atoms with Crippen molar-refractivity contribution < 1.29 is 14.3 Å². The maximum Gasteiger partial charge on any atom is 0.225 e. The maximum absolute atomic E-state index is 12.5. The molecule has 1 amide bonds. The Morgan fingerprint density at radius 3 is 2.72 bits per heavy atom. The van der Waals surface area contributed by atoms with Crippen molar-refractivity contribution in [1.82, 2.24) is 4.90 Å². The third kappa shape index (κ3) is 2.63. The lowest BCUT2D eigenvalue weighted by molar-refractivity contribution is -0.131. The van der Waals surface area contributed by atoms with Gasteiger partial charge in [0.25, 0.3) is 0 Å². The van der Waals surface area contributed by atoms with Gasteiger partial charge < -0.3 is 9.64 Å². The van der Waals surface area contributed by atoms with E-state index in [1.54, 1.807) is 0 Å². The van der Waals surface area contributed by atoms with Crippen molar-refractivity contribution >= 4 is 17.3 Å². The van der Waals surface area contributed by atoms with E-state index < -0.39 is 0 Å². The van der Waals surface area contributed by atoms with E-state index >= 15 is 0 Å². The second-order valence-corrected chi connectivity index (χ2v) is 7.89. The second kappa shape index (κ2) is 5.80. The first-order valence-corrected chi connectivity index (χ1v) is 9.44. The molecule has 4 heteroatoms. The quantitative estimate of drug-likeness (QED) is 0.833. The van der Waals surface area contributed by atoms with Gasteiger partial charge in [0.1, 0.15) is 0 Å². The Kier molecular flexibility index (Phi) is 3.56. The monoisotopic (exact) mass is 337 g/mol. The third-order valence-electron chi connectivity index (χ3n) is 6.23. The molecule has 2 fully saturated rings. The molecule has 1 saturated carbocycles. The van der Waals surface area contributed by atoms with Gasteiger partial charge in [0.15, 0.2) is 5.78 Å². The van der Waals surface area contributed by atoms with Gasteiger partial charge in [0.2, 0.25) is 5.91 Å². The van der Waals surface area contributed by atoms with Crippen molar-refractivity contribution in [2.75, 3.05) is 19.7 Å². The molecule has 1 saturated heterocycles. The van der Waals surface area contributed by atoms with Gasteiger partial charge in [-0.2, -0.15) is 0 Å². The Balaban J connectivity index is 1.33. The smallest absolute Gasteiger partial charge is 0.225 e. The number of amides is 1. The summed E-state index contributed by atoms with van der Waals surface area (Å²) < 4.78 is 6.22. The highest BCUT2D eigenvalue weighted by Gasteiger charge is 2.40. The van der Waals surface area contributed by atoms with E-state index in [0.29, 0.717) is 30.8 Å². The first-order valence-electron chi connectivity index (χ1n) is 9.44.